The van der Waals surface area contributed by atoms with E-state index in [9.17, 15) is 4.79 Å². The first kappa shape index (κ1) is 9.21. The van der Waals surface area contributed by atoms with E-state index >= 15 is 0 Å². The minimum Gasteiger partial charge on any atom is -0.385 e. The number of H-pyrrole nitrogens is 2. The van der Waals surface area contributed by atoms with Crippen molar-refractivity contribution in [2.45, 2.75) is 12.8 Å². The van der Waals surface area contributed by atoms with Gasteiger partial charge in [0.1, 0.15) is 0 Å². The van der Waals surface area contributed by atoms with E-state index in [-0.39, 0.29) is 5.69 Å². The minimum absolute atomic E-state index is 0.267. The highest BCUT2D eigenvalue weighted by Gasteiger charge is 2.15. The Labute approximate surface area is 91.9 Å². The van der Waals surface area contributed by atoms with Gasteiger partial charge < -0.3 is 5.32 Å². The molecular weight excluding hydrogens is 204 g/mol. The van der Waals surface area contributed by atoms with Gasteiger partial charge in [-0.3, -0.25) is 4.98 Å². The Balaban J connectivity index is 2.17. The Kier molecular flexibility index (Phi) is 2.02. The molecule has 0 saturated carbocycles. The van der Waals surface area contributed by atoms with Gasteiger partial charge in [-0.1, -0.05) is 12.1 Å². The molecule has 16 heavy (non-hydrogen) atoms. The van der Waals surface area contributed by atoms with E-state index in [1.807, 2.05) is 12.1 Å². The lowest BCUT2D eigenvalue weighted by Crippen LogP contribution is -2.12. The van der Waals surface area contributed by atoms with E-state index in [1.54, 1.807) is 0 Å². The normalized spacial score (nSPS) is 14.2. The van der Waals surface area contributed by atoms with Crippen LogP contribution in [-0.2, 0) is 6.42 Å². The number of aromatic amines is 2. The molecule has 5 heteroatoms. The second-order valence-electron chi connectivity index (χ2n) is 3.89. The maximum absolute atomic E-state index is 11.0. The highest BCUT2D eigenvalue weighted by atomic mass is 16.1. The molecule has 1 aromatic heterocycles. The third-order valence-corrected chi connectivity index (χ3v) is 2.85. The lowest BCUT2D eigenvalue weighted by atomic mass is 9.97. The Morgan fingerprint density at radius 1 is 1.31 bits per heavy atom. The van der Waals surface area contributed by atoms with Crippen molar-refractivity contribution in [3.05, 3.63) is 34.2 Å². The first-order chi connectivity index (χ1) is 7.84. The third-order valence-electron chi connectivity index (χ3n) is 2.85. The summed E-state index contributed by atoms with van der Waals surface area (Å²) in [5.74, 6) is 0.616. The molecule has 1 aliphatic rings. The molecule has 0 saturated heterocycles. The zero-order chi connectivity index (χ0) is 11.0. The molecule has 0 spiro atoms. The van der Waals surface area contributed by atoms with Crippen LogP contribution >= 0.6 is 0 Å². The maximum atomic E-state index is 11.0. The standard InChI is InChI=1S/C11H12N4O/c16-11-13-10(14-15-11)8-3-1-5-9-7(8)4-2-6-12-9/h1,3,5,12H,2,4,6H2,(H2,13,14,15,16). The lowest BCUT2D eigenvalue weighted by Gasteiger charge is -2.19. The Bertz CT molecular complexity index is 569. The second-order valence-corrected chi connectivity index (χ2v) is 3.89. The summed E-state index contributed by atoms with van der Waals surface area (Å²) in [6, 6.07) is 6.01. The molecule has 2 heterocycles. The minimum atomic E-state index is -0.267. The first-order valence-corrected chi connectivity index (χ1v) is 5.35. The smallest absolute Gasteiger partial charge is 0.340 e. The van der Waals surface area contributed by atoms with Crippen molar-refractivity contribution >= 4 is 5.69 Å². The number of hydrogen-bond donors (Lipinski definition) is 3. The number of nitrogens with one attached hydrogen (secondary N) is 3. The Morgan fingerprint density at radius 2 is 2.25 bits per heavy atom. The van der Waals surface area contributed by atoms with Gasteiger partial charge in [0, 0.05) is 17.8 Å². The van der Waals surface area contributed by atoms with E-state index in [0.717, 1.165) is 30.6 Å². The van der Waals surface area contributed by atoms with Gasteiger partial charge in [-0.15, -0.1) is 0 Å². The van der Waals surface area contributed by atoms with Crippen LogP contribution in [0, 0.1) is 0 Å². The Morgan fingerprint density at radius 3 is 3.06 bits per heavy atom. The van der Waals surface area contributed by atoms with Crippen LogP contribution in [0.4, 0.5) is 5.69 Å². The van der Waals surface area contributed by atoms with E-state index in [1.165, 1.54) is 5.56 Å². The number of nitrogens with zero attached hydrogens (tertiary/aromatic N) is 1. The number of anilines is 1. The molecule has 2 aromatic rings. The van der Waals surface area contributed by atoms with Crippen LogP contribution in [0.25, 0.3) is 11.4 Å². The van der Waals surface area contributed by atoms with Gasteiger partial charge in [-0.25, -0.2) is 9.89 Å². The van der Waals surface area contributed by atoms with Gasteiger partial charge in [0.05, 0.1) is 0 Å². The maximum Gasteiger partial charge on any atom is 0.340 e. The molecule has 0 bridgehead atoms. The summed E-state index contributed by atoms with van der Waals surface area (Å²) in [6.07, 6.45) is 2.13. The summed E-state index contributed by atoms with van der Waals surface area (Å²) in [4.78, 5) is 13.7. The molecular formula is C11H12N4O. The molecule has 1 aromatic carbocycles. The summed E-state index contributed by atoms with van der Waals surface area (Å²) >= 11 is 0. The van der Waals surface area contributed by atoms with Crippen molar-refractivity contribution in [3.8, 4) is 11.4 Å². The number of aromatic nitrogens is 3. The van der Waals surface area contributed by atoms with Crippen LogP contribution in [0.15, 0.2) is 23.0 Å². The molecule has 0 atom stereocenters. The summed E-state index contributed by atoms with van der Waals surface area (Å²) in [5, 5.41) is 9.72. The number of benzene rings is 1. The van der Waals surface area contributed by atoms with Gasteiger partial charge >= 0.3 is 5.69 Å². The van der Waals surface area contributed by atoms with E-state index in [2.05, 4.69) is 26.6 Å². The van der Waals surface area contributed by atoms with Gasteiger partial charge in [0.15, 0.2) is 5.82 Å². The van der Waals surface area contributed by atoms with Crippen LogP contribution in [0.3, 0.4) is 0 Å². The topological polar surface area (TPSA) is 73.6 Å². The van der Waals surface area contributed by atoms with Crippen molar-refractivity contribution in [1.29, 1.82) is 0 Å². The molecule has 5 nitrogen and oxygen atoms in total. The fourth-order valence-electron chi connectivity index (χ4n) is 2.13. The highest BCUT2D eigenvalue weighted by Crippen LogP contribution is 2.29. The highest BCUT2D eigenvalue weighted by molar-refractivity contribution is 5.70. The average Bonchev–Trinajstić information content (AvgIpc) is 2.75. The van der Waals surface area contributed by atoms with Crippen LogP contribution in [0.1, 0.15) is 12.0 Å². The van der Waals surface area contributed by atoms with Crippen molar-refractivity contribution in [3.63, 3.8) is 0 Å². The Hall–Kier alpha value is -2.04. The summed E-state index contributed by atoms with van der Waals surface area (Å²) in [6.45, 7) is 1.01. The monoisotopic (exact) mass is 216 g/mol. The van der Waals surface area contributed by atoms with Gasteiger partial charge in [0.25, 0.3) is 0 Å². The molecule has 0 amide bonds. The summed E-state index contributed by atoms with van der Waals surface area (Å²) < 4.78 is 0. The van der Waals surface area contributed by atoms with E-state index < -0.39 is 0 Å². The van der Waals surface area contributed by atoms with Crippen LogP contribution < -0.4 is 11.0 Å². The predicted molar refractivity (Wildman–Crippen MR) is 61.5 cm³/mol. The van der Waals surface area contributed by atoms with E-state index in [0.29, 0.717) is 5.82 Å². The fraction of sp³-hybridized carbons (Fsp3) is 0.273. The number of rotatable bonds is 1. The zero-order valence-corrected chi connectivity index (χ0v) is 8.71. The molecule has 0 unspecified atom stereocenters. The van der Waals surface area contributed by atoms with Crippen molar-refractivity contribution in [2.24, 2.45) is 0 Å². The predicted octanol–water partition coefficient (Wildman–Crippen LogP) is 1.12. The van der Waals surface area contributed by atoms with Gasteiger partial charge in [-0.2, -0.15) is 5.10 Å². The lowest BCUT2D eigenvalue weighted by molar-refractivity contribution is 0.830. The molecule has 82 valence electrons. The average molecular weight is 216 g/mol. The van der Waals surface area contributed by atoms with Crippen LogP contribution in [0.2, 0.25) is 0 Å². The van der Waals surface area contributed by atoms with Gasteiger partial charge in [-0.05, 0) is 24.5 Å². The largest absolute Gasteiger partial charge is 0.385 e. The van der Waals surface area contributed by atoms with Crippen molar-refractivity contribution < 1.29 is 0 Å². The van der Waals surface area contributed by atoms with Gasteiger partial charge in [0.2, 0.25) is 0 Å². The summed E-state index contributed by atoms with van der Waals surface area (Å²) in [5.41, 5.74) is 3.11. The van der Waals surface area contributed by atoms with Crippen LogP contribution in [0.5, 0.6) is 0 Å². The number of hydrogen-bond acceptors (Lipinski definition) is 3. The molecule has 1 aliphatic heterocycles. The fourth-order valence-corrected chi connectivity index (χ4v) is 2.13. The molecule has 3 rings (SSSR count). The number of fused-ring (bicyclic) bond motifs is 1. The molecule has 3 N–H and O–H groups in total. The molecule has 0 fully saturated rings. The quantitative estimate of drug-likeness (QED) is 0.668. The first-order valence-electron chi connectivity index (χ1n) is 5.35. The van der Waals surface area contributed by atoms with Crippen molar-refractivity contribution in [2.75, 3.05) is 11.9 Å². The SMILES string of the molecule is O=c1[nH]nc(-c2cccc3c2CCCN3)[nH]1. The van der Waals surface area contributed by atoms with Crippen molar-refractivity contribution in [1.82, 2.24) is 15.2 Å². The van der Waals surface area contributed by atoms with Crippen LogP contribution in [-0.4, -0.2) is 21.7 Å². The van der Waals surface area contributed by atoms with E-state index in [4.69, 9.17) is 0 Å². The molecule has 0 aliphatic carbocycles. The second kappa shape index (κ2) is 3.52. The molecule has 0 radical (unpaired) electrons. The third kappa shape index (κ3) is 1.41. The summed E-state index contributed by atoms with van der Waals surface area (Å²) in [7, 11) is 0. The zero-order valence-electron chi connectivity index (χ0n) is 8.71.